The van der Waals surface area contributed by atoms with Gasteiger partial charge < -0.3 is 19.5 Å². The fraction of sp³-hybridized carbons (Fsp3) is 0.864. The number of halogens is 1. The highest BCUT2D eigenvalue weighted by Crippen LogP contribution is 2.47. The average molecular weight is 452 g/mol. The molecular weight excluding hydrogens is 410 g/mol. The van der Waals surface area contributed by atoms with Crippen molar-refractivity contribution in [2.75, 3.05) is 69.0 Å². The molecule has 1 N–H and O–H groups in total. The minimum Gasteiger partial charge on any atom is -0.450 e. The minimum atomic E-state index is -0.462. The molecule has 1 amide bonds. The van der Waals surface area contributed by atoms with Crippen molar-refractivity contribution in [3.63, 3.8) is 0 Å². The Bertz CT molecular complexity index is 427. The predicted octanol–water partition coefficient (Wildman–Crippen LogP) is 5.11. The van der Waals surface area contributed by atoms with Gasteiger partial charge in [-0.1, -0.05) is 25.0 Å². The van der Waals surface area contributed by atoms with E-state index in [1.807, 2.05) is 0 Å². The maximum Gasteiger partial charge on any atom is 0.407 e. The number of rotatable bonds is 17. The van der Waals surface area contributed by atoms with Crippen molar-refractivity contribution >= 4 is 27.7 Å². The molecule has 0 fully saturated rings. The molecule has 0 saturated heterocycles. The van der Waals surface area contributed by atoms with Gasteiger partial charge in [-0.05, 0) is 62.0 Å². The van der Waals surface area contributed by atoms with E-state index in [-0.39, 0.29) is 6.09 Å². The number of allylic oxidation sites excluding steroid dienone is 2. The van der Waals surface area contributed by atoms with Crippen molar-refractivity contribution in [1.82, 2.24) is 5.32 Å². The zero-order valence-electron chi connectivity index (χ0n) is 18.3. The maximum absolute atomic E-state index is 11.7. The number of ether oxygens (including phenoxy) is 3. The van der Waals surface area contributed by atoms with Gasteiger partial charge in [0.05, 0.1) is 26.4 Å². The molecule has 0 bridgehead atoms. The van der Waals surface area contributed by atoms with Crippen LogP contribution < -0.4 is 5.32 Å². The Morgan fingerprint density at radius 2 is 1.55 bits per heavy atom. The zero-order valence-corrected chi connectivity index (χ0v) is 19.9. The first kappa shape index (κ1) is 26.6. The third kappa shape index (κ3) is 16.0. The summed E-state index contributed by atoms with van der Waals surface area (Å²) >= 11 is 5.63. The molecule has 172 valence electrons. The summed E-state index contributed by atoms with van der Waals surface area (Å²) in [5.41, 5.74) is 0. The number of hydrogen-bond acceptors (Lipinski definition) is 4. The number of alkyl halides is 1. The van der Waals surface area contributed by atoms with Crippen LogP contribution in [-0.2, 0) is 14.2 Å². The molecule has 7 heteroatoms. The number of amides is 1. The number of nitrogens with one attached hydrogen (secondary N) is 1. The van der Waals surface area contributed by atoms with Gasteiger partial charge in [-0.2, -0.15) is 0 Å². The van der Waals surface area contributed by atoms with E-state index in [2.05, 4.69) is 23.7 Å². The lowest BCUT2D eigenvalue weighted by Crippen LogP contribution is -2.28. The van der Waals surface area contributed by atoms with Gasteiger partial charge in [0.25, 0.3) is 0 Å². The van der Waals surface area contributed by atoms with E-state index >= 15 is 0 Å². The van der Waals surface area contributed by atoms with Crippen molar-refractivity contribution in [2.24, 2.45) is 0 Å². The lowest BCUT2D eigenvalue weighted by molar-refractivity contribution is 0.0468. The van der Waals surface area contributed by atoms with Gasteiger partial charge >= 0.3 is 6.09 Å². The van der Waals surface area contributed by atoms with Crippen LogP contribution in [0.1, 0.15) is 51.4 Å². The van der Waals surface area contributed by atoms with Crippen molar-refractivity contribution in [3.8, 4) is 0 Å². The zero-order chi connectivity index (χ0) is 21.0. The van der Waals surface area contributed by atoms with Crippen LogP contribution in [0.4, 0.5) is 4.79 Å². The molecule has 0 aliphatic carbocycles. The molecule has 0 aromatic rings. The molecular formula is C22H42ClNO4S. The number of hydrogen-bond donors (Lipinski definition) is 1. The SMILES string of the molecule is CS1(CCCCOC(=O)NCCOCCOCCCCCCCl)CCC=CCC1. The van der Waals surface area contributed by atoms with E-state index in [0.717, 1.165) is 44.6 Å². The van der Waals surface area contributed by atoms with E-state index in [9.17, 15) is 4.79 Å². The quantitative estimate of drug-likeness (QED) is 0.189. The van der Waals surface area contributed by atoms with Crippen molar-refractivity contribution < 1.29 is 19.0 Å². The molecule has 0 unspecified atom stereocenters. The van der Waals surface area contributed by atoms with Crippen LogP contribution in [0.2, 0.25) is 0 Å². The number of alkyl carbamates (subject to hydrolysis) is 1. The first-order valence-electron chi connectivity index (χ1n) is 11.1. The molecule has 0 radical (unpaired) electrons. The molecule has 0 saturated carbocycles. The Labute approximate surface area is 184 Å². The highest BCUT2D eigenvalue weighted by atomic mass is 35.5. The van der Waals surface area contributed by atoms with Crippen molar-refractivity contribution in [3.05, 3.63) is 12.2 Å². The molecule has 1 aliphatic rings. The van der Waals surface area contributed by atoms with Gasteiger partial charge in [0.15, 0.2) is 0 Å². The Kier molecular flexibility index (Phi) is 16.8. The summed E-state index contributed by atoms with van der Waals surface area (Å²) in [5.74, 6) is 4.74. The van der Waals surface area contributed by atoms with Crippen LogP contribution in [0.25, 0.3) is 0 Å². The second kappa shape index (κ2) is 18.3. The molecule has 1 rings (SSSR count). The lowest BCUT2D eigenvalue weighted by Gasteiger charge is -2.34. The van der Waals surface area contributed by atoms with E-state index in [1.54, 1.807) is 0 Å². The number of unbranched alkanes of at least 4 members (excludes halogenated alkanes) is 4. The van der Waals surface area contributed by atoms with E-state index in [0.29, 0.717) is 33.0 Å². The van der Waals surface area contributed by atoms with Crippen LogP contribution in [0.5, 0.6) is 0 Å². The maximum atomic E-state index is 11.7. The van der Waals surface area contributed by atoms with E-state index in [1.165, 1.54) is 36.5 Å². The Hall–Kier alpha value is -0.430. The standard InChI is InChI=1S/C22H42ClNO4S/c1-29(19-9-4-5-10-20-29)21-11-8-15-28-22(25)24-13-16-27-18-17-26-14-7-3-2-6-12-23/h4-5H,2-3,6-21H2,1H3,(H,24,25). The molecule has 0 aromatic carbocycles. The second-order valence-corrected chi connectivity index (χ2v) is 12.3. The molecule has 0 atom stereocenters. The minimum absolute atomic E-state index is 0.348. The molecule has 29 heavy (non-hydrogen) atoms. The summed E-state index contributed by atoms with van der Waals surface area (Å²) in [6, 6.07) is 0. The topological polar surface area (TPSA) is 56.8 Å². The molecule has 0 aromatic heterocycles. The fourth-order valence-electron chi connectivity index (χ4n) is 3.21. The monoisotopic (exact) mass is 451 g/mol. The van der Waals surface area contributed by atoms with E-state index in [4.69, 9.17) is 25.8 Å². The van der Waals surface area contributed by atoms with Gasteiger partial charge in [-0.3, -0.25) is 0 Å². The van der Waals surface area contributed by atoms with Crippen LogP contribution >= 0.6 is 21.6 Å². The summed E-state index contributed by atoms with van der Waals surface area (Å²) in [5, 5.41) is 2.73. The second-order valence-electron chi connectivity index (χ2n) is 7.74. The smallest absolute Gasteiger partial charge is 0.407 e. The van der Waals surface area contributed by atoms with Gasteiger partial charge in [-0.15, -0.1) is 11.6 Å². The van der Waals surface area contributed by atoms with Crippen LogP contribution in [-0.4, -0.2) is 75.1 Å². The summed E-state index contributed by atoms with van der Waals surface area (Å²) in [6.07, 6.45) is 15.8. The van der Waals surface area contributed by atoms with Gasteiger partial charge in [0, 0.05) is 19.0 Å². The Balaban J connectivity index is 1.82. The highest BCUT2D eigenvalue weighted by molar-refractivity contribution is 8.33. The first-order valence-corrected chi connectivity index (χ1v) is 14.2. The van der Waals surface area contributed by atoms with Gasteiger partial charge in [0.2, 0.25) is 0 Å². The average Bonchev–Trinajstić information content (AvgIpc) is 2.93. The van der Waals surface area contributed by atoms with Gasteiger partial charge in [0.1, 0.15) is 0 Å². The Morgan fingerprint density at radius 1 is 0.897 bits per heavy atom. The molecule has 1 heterocycles. The van der Waals surface area contributed by atoms with Crippen LogP contribution in [0.3, 0.4) is 0 Å². The predicted molar refractivity (Wildman–Crippen MR) is 126 cm³/mol. The van der Waals surface area contributed by atoms with Crippen molar-refractivity contribution in [1.29, 1.82) is 0 Å². The third-order valence-electron chi connectivity index (χ3n) is 5.05. The number of carbonyl (C=O) groups is 1. The van der Waals surface area contributed by atoms with Crippen LogP contribution in [0, 0.1) is 0 Å². The summed E-state index contributed by atoms with van der Waals surface area (Å²) in [6.45, 7) is 3.36. The van der Waals surface area contributed by atoms with Gasteiger partial charge in [-0.25, -0.2) is 14.8 Å². The Morgan fingerprint density at radius 3 is 2.28 bits per heavy atom. The summed E-state index contributed by atoms with van der Waals surface area (Å²) in [7, 11) is -0.462. The van der Waals surface area contributed by atoms with Crippen molar-refractivity contribution in [2.45, 2.75) is 51.4 Å². The molecule has 5 nitrogen and oxygen atoms in total. The van der Waals surface area contributed by atoms with E-state index < -0.39 is 10.0 Å². The first-order chi connectivity index (χ1) is 14.2. The fourth-order valence-corrected chi connectivity index (χ4v) is 6.33. The number of carbonyl (C=O) groups excluding carboxylic acids is 1. The molecule has 1 aliphatic heterocycles. The van der Waals surface area contributed by atoms with Crippen LogP contribution in [0.15, 0.2) is 12.2 Å². The summed E-state index contributed by atoms with van der Waals surface area (Å²) < 4.78 is 16.2. The summed E-state index contributed by atoms with van der Waals surface area (Å²) in [4.78, 5) is 11.7. The normalized spacial score (nSPS) is 16.9. The largest absolute Gasteiger partial charge is 0.450 e. The lowest BCUT2D eigenvalue weighted by atomic mass is 10.2. The highest BCUT2D eigenvalue weighted by Gasteiger charge is 2.17. The third-order valence-corrected chi connectivity index (χ3v) is 9.03. The molecule has 0 spiro atoms.